The molecule has 4 nitrogen and oxygen atoms in total. The normalized spacial score (nSPS) is 18.6. The lowest BCUT2D eigenvalue weighted by atomic mass is 10.3. The van der Waals surface area contributed by atoms with E-state index in [1.54, 1.807) is 24.0 Å². The minimum atomic E-state index is -0.211. The van der Waals surface area contributed by atoms with Crippen molar-refractivity contribution >= 4 is 21.7 Å². The van der Waals surface area contributed by atoms with Crippen LogP contribution in [0.3, 0.4) is 0 Å². The van der Waals surface area contributed by atoms with Crippen molar-refractivity contribution in [2.24, 2.45) is 0 Å². The Kier molecular flexibility index (Phi) is 1.60. The van der Waals surface area contributed by atoms with E-state index in [0.717, 1.165) is 29.0 Å². The summed E-state index contributed by atoms with van der Waals surface area (Å²) in [5.41, 5.74) is 2.36. The summed E-state index contributed by atoms with van der Waals surface area (Å²) in [6, 6.07) is 0. The zero-order chi connectivity index (χ0) is 9.60. The van der Waals surface area contributed by atoms with Crippen LogP contribution in [0.2, 0.25) is 0 Å². The second-order valence-electron chi connectivity index (χ2n) is 3.43. The van der Waals surface area contributed by atoms with E-state index in [-0.39, 0.29) is 5.60 Å². The van der Waals surface area contributed by atoms with E-state index in [1.807, 2.05) is 6.20 Å². The fourth-order valence-corrected chi connectivity index (χ4v) is 2.11. The molecule has 14 heavy (non-hydrogen) atoms. The van der Waals surface area contributed by atoms with E-state index in [4.69, 9.17) is 4.74 Å². The van der Waals surface area contributed by atoms with Gasteiger partial charge in [-0.25, -0.2) is 15.0 Å². The van der Waals surface area contributed by atoms with E-state index >= 15 is 0 Å². The molecule has 1 fully saturated rings. The molecule has 0 saturated heterocycles. The molecule has 0 unspecified atom stereocenters. The third-order valence-corrected chi connectivity index (χ3v) is 3.35. The van der Waals surface area contributed by atoms with Crippen LogP contribution in [-0.4, -0.2) is 22.1 Å². The number of fused-ring (bicyclic) bond motifs is 1. The summed E-state index contributed by atoms with van der Waals surface area (Å²) in [6.07, 6.45) is 3.85. The van der Waals surface area contributed by atoms with E-state index in [0.29, 0.717) is 0 Å². The van der Waals surface area contributed by atoms with Crippen LogP contribution in [0.5, 0.6) is 0 Å². The Bertz CT molecular complexity index is 478. The average Bonchev–Trinajstić information content (AvgIpc) is 2.89. The first-order valence-corrected chi connectivity index (χ1v) is 5.34. The number of rotatable bonds is 2. The van der Waals surface area contributed by atoms with Crippen LogP contribution in [0.4, 0.5) is 0 Å². The number of thiazole rings is 1. The highest BCUT2D eigenvalue weighted by Gasteiger charge is 2.47. The number of ether oxygens (including phenoxy) is 1. The van der Waals surface area contributed by atoms with E-state index in [1.165, 1.54) is 0 Å². The van der Waals surface area contributed by atoms with E-state index in [9.17, 15) is 0 Å². The summed E-state index contributed by atoms with van der Waals surface area (Å²) in [5.74, 6) is 0.776. The van der Waals surface area contributed by atoms with Crippen LogP contribution in [0.25, 0.3) is 10.3 Å². The van der Waals surface area contributed by atoms with Gasteiger partial charge in [0.15, 0.2) is 11.5 Å². The highest BCUT2D eigenvalue weighted by molar-refractivity contribution is 7.16. The van der Waals surface area contributed by atoms with Crippen molar-refractivity contribution in [3.05, 3.63) is 17.5 Å². The van der Waals surface area contributed by atoms with Gasteiger partial charge >= 0.3 is 0 Å². The Morgan fingerprint density at radius 2 is 2.29 bits per heavy atom. The van der Waals surface area contributed by atoms with Gasteiger partial charge in [-0.05, 0) is 12.8 Å². The molecular formula is C9H9N3OS. The van der Waals surface area contributed by atoms with Gasteiger partial charge in [0, 0.05) is 7.11 Å². The Morgan fingerprint density at radius 1 is 1.43 bits per heavy atom. The van der Waals surface area contributed by atoms with Gasteiger partial charge in [-0.15, -0.1) is 11.3 Å². The van der Waals surface area contributed by atoms with Crippen molar-refractivity contribution in [2.45, 2.75) is 18.4 Å². The fraction of sp³-hybridized carbons (Fsp3) is 0.444. The van der Waals surface area contributed by atoms with Gasteiger partial charge < -0.3 is 4.74 Å². The Morgan fingerprint density at radius 3 is 3.00 bits per heavy atom. The standard InChI is InChI=1S/C9H9N3OS/c1-13-9(2-3-9)8-10-4-6-7(12-8)11-5-14-6/h4-5H,2-3H2,1H3. The molecule has 2 aromatic rings. The maximum atomic E-state index is 5.41. The number of nitrogens with zero attached hydrogens (tertiary/aromatic N) is 3. The zero-order valence-electron chi connectivity index (χ0n) is 7.73. The molecule has 1 aliphatic rings. The summed E-state index contributed by atoms with van der Waals surface area (Å²) < 4.78 is 6.44. The highest BCUT2D eigenvalue weighted by atomic mass is 32.1. The summed E-state index contributed by atoms with van der Waals surface area (Å²) >= 11 is 1.56. The van der Waals surface area contributed by atoms with Crippen molar-refractivity contribution < 1.29 is 4.74 Å². The zero-order valence-corrected chi connectivity index (χ0v) is 8.54. The van der Waals surface area contributed by atoms with Gasteiger partial charge in [-0.2, -0.15) is 0 Å². The molecule has 0 spiro atoms. The van der Waals surface area contributed by atoms with E-state index in [2.05, 4.69) is 15.0 Å². The molecule has 0 aliphatic heterocycles. The van der Waals surface area contributed by atoms with Crippen molar-refractivity contribution in [1.29, 1.82) is 0 Å². The lowest BCUT2D eigenvalue weighted by molar-refractivity contribution is 0.0714. The van der Waals surface area contributed by atoms with Crippen molar-refractivity contribution in [3.63, 3.8) is 0 Å². The van der Waals surface area contributed by atoms with E-state index < -0.39 is 0 Å². The molecule has 1 aliphatic carbocycles. The third-order valence-electron chi connectivity index (χ3n) is 2.59. The highest BCUT2D eigenvalue weighted by Crippen LogP contribution is 2.47. The van der Waals surface area contributed by atoms with Gasteiger partial charge in [0.2, 0.25) is 0 Å². The minimum absolute atomic E-state index is 0.211. The van der Waals surface area contributed by atoms with Gasteiger partial charge in [0.25, 0.3) is 0 Å². The van der Waals surface area contributed by atoms with Gasteiger partial charge in [0.05, 0.1) is 16.4 Å². The quantitative estimate of drug-likeness (QED) is 0.752. The van der Waals surface area contributed by atoms with Gasteiger partial charge in [-0.3, -0.25) is 0 Å². The molecule has 0 bridgehead atoms. The molecule has 1 saturated carbocycles. The SMILES string of the molecule is COC1(c2ncc3scnc3n2)CC1. The van der Waals surface area contributed by atoms with Crippen LogP contribution < -0.4 is 0 Å². The average molecular weight is 207 g/mol. The summed E-state index contributed by atoms with van der Waals surface area (Å²) in [5, 5.41) is 0. The van der Waals surface area contributed by atoms with Crippen LogP contribution in [-0.2, 0) is 10.3 Å². The molecular weight excluding hydrogens is 198 g/mol. The predicted octanol–water partition coefficient (Wildman–Crippen LogP) is 1.72. The summed E-state index contributed by atoms with van der Waals surface area (Å²) in [6.45, 7) is 0. The number of aromatic nitrogens is 3. The minimum Gasteiger partial charge on any atom is -0.370 e. The van der Waals surface area contributed by atoms with Crippen LogP contribution in [0, 0.1) is 0 Å². The smallest absolute Gasteiger partial charge is 0.173 e. The first-order valence-electron chi connectivity index (χ1n) is 4.46. The molecule has 0 aromatic carbocycles. The van der Waals surface area contributed by atoms with Crippen molar-refractivity contribution in [3.8, 4) is 0 Å². The monoisotopic (exact) mass is 207 g/mol. The first-order chi connectivity index (χ1) is 6.84. The maximum absolute atomic E-state index is 5.41. The first kappa shape index (κ1) is 8.26. The second kappa shape index (κ2) is 2.71. The Hall–Kier alpha value is -1.07. The van der Waals surface area contributed by atoms with Crippen molar-refractivity contribution in [1.82, 2.24) is 15.0 Å². The molecule has 2 heterocycles. The number of hydrogen-bond acceptors (Lipinski definition) is 5. The van der Waals surface area contributed by atoms with Crippen molar-refractivity contribution in [2.75, 3.05) is 7.11 Å². The molecule has 5 heteroatoms. The van der Waals surface area contributed by atoms with Crippen LogP contribution in [0.15, 0.2) is 11.7 Å². The Labute approximate surface area is 85.0 Å². The molecule has 0 atom stereocenters. The fourth-order valence-electron chi connectivity index (χ4n) is 1.52. The number of hydrogen-bond donors (Lipinski definition) is 0. The topological polar surface area (TPSA) is 47.9 Å². The Balaban J connectivity index is 2.13. The molecule has 0 N–H and O–H groups in total. The van der Waals surface area contributed by atoms with Crippen LogP contribution in [0.1, 0.15) is 18.7 Å². The lowest BCUT2D eigenvalue weighted by Gasteiger charge is -2.10. The molecule has 0 radical (unpaired) electrons. The summed E-state index contributed by atoms with van der Waals surface area (Å²) in [7, 11) is 1.71. The molecule has 0 amide bonds. The third kappa shape index (κ3) is 1.06. The largest absolute Gasteiger partial charge is 0.370 e. The maximum Gasteiger partial charge on any atom is 0.173 e. The summed E-state index contributed by atoms with van der Waals surface area (Å²) in [4.78, 5) is 12.9. The predicted molar refractivity (Wildman–Crippen MR) is 53.1 cm³/mol. The molecule has 2 aromatic heterocycles. The molecule has 72 valence electrons. The van der Waals surface area contributed by atoms with Crippen LogP contribution >= 0.6 is 11.3 Å². The molecule has 3 rings (SSSR count). The number of methoxy groups -OCH3 is 1. The van der Waals surface area contributed by atoms with Gasteiger partial charge in [-0.1, -0.05) is 0 Å². The lowest BCUT2D eigenvalue weighted by Crippen LogP contribution is -2.13. The second-order valence-corrected chi connectivity index (χ2v) is 4.32. The van der Waals surface area contributed by atoms with Gasteiger partial charge in [0.1, 0.15) is 5.60 Å².